The maximum atomic E-state index is 11.8. The molecule has 0 saturated carbocycles. The molecule has 1 aliphatic heterocycles. The number of hydrogen-bond acceptors (Lipinski definition) is 4. The number of hydrogen-bond donors (Lipinski definition) is 4. The highest BCUT2D eigenvalue weighted by atomic mass is 16.4. The number of carbonyl (C=O) groups excluding carboxylic acids is 1. The Labute approximate surface area is 110 Å². The second-order valence-electron chi connectivity index (χ2n) is 4.65. The van der Waals surface area contributed by atoms with Crippen LogP contribution in [0.15, 0.2) is 18.2 Å². The Hall–Kier alpha value is -2.08. The van der Waals surface area contributed by atoms with Gasteiger partial charge in [0, 0.05) is 6.42 Å². The highest BCUT2D eigenvalue weighted by Gasteiger charge is 2.19. The number of benzene rings is 1. The number of carboxylic acid groups (broad SMARTS) is 1. The quantitative estimate of drug-likeness (QED) is 0.609. The first-order valence-corrected chi connectivity index (χ1v) is 6.13. The lowest BCUT2D eigenvalue weighted by Crippen LogP contribution is -2.19. The number of nitrogens with one attached hydrogen (secondary N) is 2. The fraction of sp³-hybridized carbons (Fsp3) is 0.385. The summed E-state index contributed by atoms with van der Waals surface area (Å²) in [5.74, 6) is -1.24. The van der Waals surface area contributed by atoms with Gasteiger partial charge in [0.2, 0.25) is 5.91 Å². The summed E-state index contributed by atoms with van der Waals surface area (Å²) < 4.78 is 0. The first kappa shape index (κ1) is 13.4. The van der Waals surface area contributed by atoms with E-state index < -0.39 is 5.97 Å². The second kappa shape index (κ2) is 5.71. The van der Waals surface area contributed by atoms with Crippen LogP contribution in [0.1, 0.15) is 23.2 Å². The molecule has 19 heavy (non-hydrogen) atoms. The lowest BCUT2D eigenvalue weighted by Gasteiger charge is -2.11. The van der Waals surface area contributed by atoms with Crippen molar-refractivity contribution in [1.29, 1.82) is 0 Å². The van der Waals surface area contributed by atoms with Crippen LogP contribution in [0.25, 0.3) is 0 Å². The number of aromatic hydroxyl groups is 1. The zero-order valence-corrected chi connectivity index (χ0v) is 10.3. The van der Waals surface area contributed by atoms with Crippen molar-refractivity contribution in [1.82, 2.24) is 5.32 Å². The molecule has 0 bridgehead atoms. The van der Waals surface area contributed by atoms with E-state index in [0.717, 1.165) is 25.6 Å². The molecule has 1 aliphatic rings. The Kier molecular flexibility index (Phi) is 4.01. The van der Waals surface area contributed by atoms with Gasteiger partial charge in [-0.25, -0.2) is 4.79 Å². The fourth-order valence-electron chi connectivity index (χ4n) is 2.17. The largest absolute Gasteiger partial charge is 0.508 e. The van der Waals surface area contributed by atoms with Crippen LogP contribution >= 0.6 is 0 Å². The molecular formula is C13H16N2O4. The van der Waals surface area contributed by atoms with Crippen molar-refractivity contribution >= 4 is 17.6 Å². The van der Waals surface area contributed by atoms with Crippen molar-refractivity contribution in [2.45, 2.75) is 12.8 Å². The van der Waals surface area contributed by atoms with Gasteiger partial charge in [0.1, 0.15) is 5.75 Å². The van der Waals surface area contributed by atoms with Crippen LogP contribution < -0.4 is 10.6 Å². The van der Waals surface area contributed by atoms with Gasteiger partial charge >= 0.3 is 5.97 Å². The van der Waals surface area contributed by atoms with Gasteiger partial charge in [-0.2, -0.15) is 0 Å². The minimum absolute atomic E-state index is 0.113. The molecule has 102 valence electrons. The molecule has 1 unspecified atom stereocenters. The summed E-state index contributed by atoms with van der Waals surface area (Å²) in [5.41, 5.74) is 0.0964. The number of anilines is 1. The Morgan fingerprint density at radius 3 is 2.84 bits per heavy atom. The van der Waals surface area contributed by atoms with Crippen molar-refractivity contribution in [3.63, 3.8) is 0 Å². The number of carbonyl (C=O) groups is 2. The van der Waals surface area contributed by atoms with E-state index >= 15 is 0 Å². The van der Waals surface area contributed by atoms with Crippen molar-refractivity contribution < 1.29 is 19.8 Å². The smallest absolute Gasteiger partial charge is 0.337 e. The predicted octanol–water partition coefficient (Wildman–Crippen LogP) is 1.03. The number of aromatic carboxylic acids is 1. The molecule has 1 amide bonds. The van der Waals surface area contributed by atoms with Crippen molar-refractivity contribution in [3.8, 4) is 5.75 Å². The minimum Gasteiger partial charge on any atom is -0.508 e. The van der Waals surface area contributed by atoms with E-state index in [0.29, 0.717) is 12.3 Å². The van der Waals surface area contributed by atoms with Crippen LogP contribution in [0.5, 0.6) is 5.75 Å². The van der Waals surface area contributed by atoms with E-state index in [1.807, 2.05) is 0 Å². The zero-order chi connectivity index (χ0) is 13.8. The molecule has 1 aromatic rings. The average Bonchev–Trinajstić information content (AvgIpc) is 2.83. The highest BCUT2D eigenvalue weighted by molar-refractivity contribution is 6.00. The Balaban J connectivity index is 2.05. The number of carboxylic acids is 1. The van der Waals surface area contributed by atoms with Gasteiger partial charge in [-0.3, -0.25) is 4.79 Å². The molecule has 0 aromatic heterocycles. The number of amides is 1. The van der Waals surface area contributed by atoms with Gasteiger partial charge in [-0.1, -0.05) is 0 Å². The molecule has 1 aromatic carbocycles. The summed E-state index contributed by atoms with van der Waals surface area (Å²) in [7, 11) is 0. The fourth-order valence-corrected chi connectivity index (χ4v) is 2.17. The van der Waals surface area contributed by atoms with Gasteiger partial charge in [0.15, 0.2) is 0 Å². The third-order valence-corrected chi connectivity index (χ3v) is 3.14. The molecule has 6 nitrogen and oxygen atoms in total. The van der Waals surface area contributed by atoms with Crippen LogP contribution in [0.4, 0.5) is 5.69 Å². The minimum atomic E-state index is -1.19. The third-order valence-electron chi connectivity index (χ3n) is 3.14. The molecule has 0 aliphatic carbocycles. The molecule has 4 N–H and O–H groups in total. The maximum Gasteiger partial charge on any atom is 0.337 e. The first-order valence-electron chi connectivity index (χ1n) is 6.13. The van der Waals surface area contributed by atoms with Crippen LogP contribution in [0, 0.1) is 5.92 Å². The van der Waals surface area contributed by atoms with Crippen molar-refractivity contribution in [2.24, 2.45) is 5.92 Å². The molecule has 0 spiro atoms. The standard InChI is InChI=1S/C13H16N2O4/c16-9-1-2-11(10(6-9)13(18)19)15-12(17)5-8-3-4-14-7-8/h1-2,6,8,14,16H,3-5,7H2,(H,15,17)(H,18,19). The number of phenols is 1. The molecule has 1 fully saturated rings. The topological polar surface area (TPSA) is 98.7 Å². The summed E-state index contributed by atoms with van der Waals surface area (Å²) in [6, 6.07) is 3.86. The summed E-state index contributed by atoms with van der Waals surface area (Å²) >= 11 is 0. The monoisotopic (exact) mass is 264 g/mol. The lowest BCUT2D eigenvalue weighted by molar-refractivity contribution is -0.116. The maximum absolute atomic E-state index is 11.8. The van der Waals surface area contributed by atoms with Gasteiger partial charge in [0.25, 0.3) is 0 Å². The number of rotatable bonds is 4. The van der Waals surface area contributed by atoms with E-state index in [1.54, 1.807) is 0 Å². The third kappa shape index (κ3) is 3.45. The molecule has 2 rings (SSSR count). The van der Waals surface area contributed by atoms with Crippen LogP contribution in [0.2, 0.25) is 0 Å². The zero-order valence-electron chi connectivity index (χ0n) is 10.3. The van der Waals surface area contributed by atoms with Gasteiger partial charge < -0.3 is 20.8 Å². The van der Waals surface area contributed by atoms with Crippen molar-refractivity contribution in [3.05, 3.63) is 23.8 Å². The average molecular weight is 264 g/mol. The van der Waals surface area contributed by atoms with Crippen LogP contribution in [-0.4, -0.2) is 35.2 Å². The second-order valence-corrected chi connectivity index (χ2v) is 4.65. The SMILES string of the molecule is O=C(CC1CCNC1)Nc1ccc(O)cc1C(=O)O. The van der Waals surface area contributed by atoms with E-state index in [2.05, 4.69) is 10.6 Å². The molecule has 0 radical (unpaired) electrons. The highest BCUT2D eigenvalue weighted by Crippen LogP contribution is 2.22. The molecular weight excluding hydrogens is 248 g/mol. The summed E-state index contributed by atoms with van der Waals surface area (Å²) in [4.78, 5) is 22.9. The first-order chi connectivity index (χ1) is 9.06. The Bertz CT molecular complexity index is 495. The molecule has 1 heterocycles. The van der Waals surface area contributed by atoms with Crippen LogP contribution in [0.3, 0.4) is 0 Å². The Morgan fingerprint density at radius 2 is 2.21 bits per heavy atom. The summed E-state index contributed by atoms with van der Waals surface area (Å²) in [6.45, 7) is 1.73. The lowest BCUT2D eigenvalue weighted by atomic mass is 10.0. The summed E-state index contributed by atoms with van der Waals surface area (Å²) in [6.07, 6.45) is 1.32. The van der Waals surface area contributed by atoms with E-state index in [9.17, 15) is 14.7 Å². The van der Waals surface area contributed by atoms with E-state index in [-0.39, 0.29) is 22.9 Å². The Morgan fingerprint density at radius 1 is 1.42 bits per heavy atom. The molecule has 6 heteroatoms. The number of phenolic OH excluding ortho intramolecular Hbond substituents is 1. The van der Waals surface area contributed by atoms with E-state index in [1.165, 1.54) is 12.1 Å². The van der Waals surface area contributed by atoms with Crippen LogP contribution in [-0.2, 0) is 4.79 Å². The van der Waals surface area contributed by atoms with Gasteiger partial charge in [-0.05, 0) is 43.6 Å². The summed E-state index contributed by atoms with van der Waals surface area (Å²) in [5, 5.41) is 24.0. The van der Waals surface area contributed by atoms with E-state index in [4.69, 9.17) is 5.11 Å². The van der Waals surface area contributed by atoms with Gasteiger partial charge in [-0.15, -0.1) is 0 Å². The predicted molar refractivity (Wildman–Crippen MR) is 69.3 cm³/mol. The van der Waals surface area contributed by atoms with Crippen molar-refractivity contribution in [2.75, 3.05) is 18.4 Å². The molecule has 1 saturated heterocycles. The normalized spacial score (nSPS) is 18.2. The molecule has 1 atom stereocenters. The van der Waals surface area contributed by atoms with Gasteiger partial charge in [0.05, 0.1) is 11.3 Å².